The van der Waals surface area contributed by atoms with Gasteiger partial charge in [0.2, 0.25) is 11.8 Å². The Morgan fingerprint density at radius 1 is 0.793 bits per heavy atom. The van der Waals surface area contributed by atoms with Gasteiger partial charge in [-0.2, -0.15) is 0 Å². The molecule has 0 atom stereocenters. The van der Waals surface area contributed by atoms with Gasteiger partial charge in [0.1, 0.15) is 0 Å². The summed E-state index contributed by atoms with van der Waals surface area (Å²) in [5.41, 5.74) is 4.67. The summed E-state index contributed by atoms with van der Waals surface area (Å²) in [6.07, 6.45) is 0.330. The quantitative estimate of drug-likeness (QED) is 0.531. The molecule has 0 aliphatic rings. The number of carbonyl (C=O) groups excluding carboxylic acids is 2. The number of hydrogen-bond donors (Lipinski definition) is 2. The fourth-order valence-corrected chi connectivity index (χ4v) is 3.74. The smallest absolute Gasteiger partial charge is 0.234 e. The van der Waals surface area contributed by atoms with Crippen molar-refractivity contribution in [2.75, 3.05) is 16.4 Å². The Morgan fingerprint density at radius 3 is 2.21 bits per heavy atom. The van der Waals surface area contributed by atoms with Crippen LogP contribution < -0.4 is 10.6 Å². The van der Waals surface area contributed by atoms with Crippen LogP contribution in [0.1, 0.15) is 16.7 Å². The number of amides is 2. The van der Waals surface area contributed by atoms with E-state index < -0.39 is 0 Å². The maximum atomic E-state index is 12.4. The number of para-hydroxylation sites is 1. The van der Waals surface area contributed by atoms with Gasteiger partial charge in [0.05, 0.1) is 12.2 Å². The molecule has 0 heterocycles. The largest absolute Gasteiger partial charge is 0.326 e. The van der Waals surface area contributed by atoms with Crippen molar-refractivity contribution in [3.8, 4) is 0 Å². The fourth-order valence-electron chi connectivity index (χ4n) is 2.99. The van der Waals surface area contributed by atoms with Crippen molar-refractivity contribution in [2.24, 2.45) is 0 Å². The van der Waals surface area contributed by atoms with Crippen LogP contribution >= 0.6 is 11.8 Å². The van der Waals surface area contributed by atoms with Gasteiger partial charge in [-0.1, -0.05) is 54.6 Å². The monoisotopic (exact) mass is 404 g/mol. The zero-order valence-corrected chi connectivity index (χ0v) is 17.4. The highest BCUT2D eigenvalue weighted by atomic mass is 32.2. The molecule has 0 radical (unpaired) electrons. The van der Waals surface area contributed by atoms with Crippen molar-refractivity contribution in [2.45, 2.75) is 25.2 Å². The first kappa shape index (κ1) is 20.7. The summed E-state index contributed by atoms with van der Waals surface area (Å²) in [6, 6.07) is 23.1. The van der Waals surface area contributed by atoms with Crippen LogP contribution in [0.15, 0.2) is 77.7 Å². The van der Waals surface area contributed by atoms with E-state index in [1.54, 1.807) is 0 Å². The van der Waals surface area contributed by atoms with Gasteiger partial charge in [0.25, 0.3) is 0 Å². The Morgan fingerprint density at radius 2 is 1.48 bits per heavy atom. The molecule has 3 aromatic rings. The standard InChI is InChI=1S/C24H24N2O2S/c1-17-8-6-9-18(2)24(17)26-23(28)16-29-21-13-7-12-20(15-21)25-22(27)14-19-10-4-3-5-11-19/h3-13,15H,14,16H2,1-2H3,(H,25,27)(H,26,28). The minimum Gasteiger partial charge on any atom is -0.326 e. The highest BCUT2D eigenvalue weighted by Crippen LogP contribution is 2.23. The predicted octanol–water partition coefficient (Wildman–Crippen LogP) is 5.22. The molecular weight excluding hydrogens is 380 g/mol. The predicted molar refractivity (Wildman–Crippen MR) is 120 cm³/mol. The molecule has 5 heteroatoms. The lowest BCUT2D eigenvalue weighted by molar-refractivity contribution is -0.115. The molecule has 148 valence electrons. The molecule has 0 saturated carbocycles. The van der Waals surface area contributed by atoms with E-state index in [1.165, 1.54) is 11.8 Å². The Kier molecular flexibility index (Phi) is 7.09. The van der Waals surface area contributed by atoms with Crippen molar-refractivity contribution in [3.63, 3.8) is 0 Å². The van der Waals surface area contributed by atoms with Crippen molar-refractivity contribution < 1.29 is 9.59 Å². The first-order chi connectivity index (χ1) is 14.0. The average Bonchev–Trinajstić information content (AvgIpc) is 2.70. The minimum absolute atomic E-state index is 0.0501. The minimum atomic E-state index is -0.0638. The fraction of sp³-hybridized carbons (Fsp3) is 0.167. The number of carbonyl (C=O) groups is 2. The van der Waals surface area contributed by atoms with Gasteiger partial charge in [-0.3, -0.25) is 9.59 Å². The molecule has 4 nitrogen and oxygen atoms in total. The van der Waals surface area contributed by atoms with E-state index in [-0.39, 0.29) is 11.8 Å². The molecule has 29 heavy (non-hydrogen) atoms. The van der Waals surface area contributed by atoms with Crippen LogP contribution in [0.2, 0.25) is 0 Å². The second-order valence-electron chi connectivity index (χ2n) is 6.84. The van der Waals surface area contributed by atoms with Crippen LogP contribution in [0, 0.1) is 13.8 Å². The van der Waals surface area contributed by atoms with Crippen LogP contribution in [0.4, 0.5) is 11.4 Å². The summed E-state index contributed by atoms with van der Waals surface area (Å²) in [7, 11) is 0. The molecule has 2 amide bonds. The molecule has 0 spiro atoms. The number of anilines is 2. The van der Waals surface area contributed by atoms with Gasteiger partial charge < -0.3 is 10.6 Å². The van der Waals surface area contributed by atoms with Gasteiger partial charge in [-0.25, -0.2) is 0 Å². The third-order valence-corrected chi connectivity index (χ3v) is 5.43. The summed E-state index contributed by atoms with van der Waals surface area (Å²) in [5.74, 6) is 0.187. The van der Waals surface area contributed by atoms with Crippen molar-refractivity contribution in [3.05, 3.63) is 89.5 Å². The summed E-state index contributed by atoms with van der Waals surface area (Å²) in [4.78, 5) is 25.5. The van der Waals surface area contributed by atoms with Crippen molar-refractivity contribution in [1.29, 1.82) is 0 Å². The topological polar surface area (TPSA) is 58.2 Å². The van der Waals surface area contributed by atoms with E-state index in [2.05, 4.69) is 10.6 Å². The van der Waals surface area contributed by atoms with Crippen LogP contribution in [0.5, 0.6) is 0 Å². The highest BCUT2D eigenvalue weighted by Gasteiger charge is 2.09. The summed E-state index contributed by atoms with van der Waals surface area (Å²) in [6.45, 7) is 3.97. The van der Waals surface area contributed by atoms with Crippen molar-refractivity contribution >= 4 is 35.0 Å². The van der Waals surface area contributed by atoms with E-state index in [4.69, 9.17) is 0 Å². The second-order valence-corrected chi connectivity index (χ2v) is 7.89. The van der Waals surface area contributed by atoms with Crippen LogP contribution in [0.25, 0.3) is 0 Å². The maximum absolute atomic E-state index is 12.4. The van der Waals surface area contributed by atoms with Crippen LogP contribution in [-0.2, 0) is 16.0 Å². The van der Waals surface area contributed by atoms with Gasteiger partial charge in [0, 0.05) is 16.3 Å². The number of nitrogens with one attached hydrogen (secondary N) is 2. The van der Waals surface area contributed by atoms with Gasteiger partial charge in [-0.05, 0) is 48.7 Å². The van der Waals surface area contributed by atoms with Gasteiger partial charge >= 0.3 is 0 Å². The Hall–Kier alpha value is -3.05. The number of benzene rings is 3. The van der Waals surface area contributed by atoms with E-state index in [9.17, 15) is 9.59 Å². The lowest BCUT2D eigenvalue weighted by Gasteiger charge is -2.11. The maximum Gasteiger partial charge on any atom is 0.234 e. The molecule has 3 aromatic carbocycles. The molecular formula is C24H24N2O2S. The molecule has 0 aliphatic heterocycles. The summed E-state index contributed by atoms with van der Waals surface area (Å²) < 4.78 is 0. The van der Waals surface area contributed by atoms with E-state index in [0.717, 1.165) is 33.0 Å². The number of rotatable bonds is 7. The Labute approximate surface area is 175 Å². The number of hydrogen-bond acceptors (Lipinski definition) is 3. The first-order valence-electron chi connectivity index (χ1n) is 9.44. The molecule has 0 bridgehead atoms. The van der Waals surface area contributed by atoms with Crippen molar-refractivity contribution in [1.82, 2.24) is 0 Å². The number of thioether (sulfide) groups is 1. The van der Waals surface area contributed by atoms with Crippen LogP contribution in [0.3, 0.4) is 0 Å². The van der Waals surface area contributed by atoms with Gasteiger partial charge in [0.15, 0.2) is 0 Å². The molecule has 0 aliphatic carbocycles. The molecule has 2 N–H and O–H groups in total. The Bertz CT molecular complexity index is 983. The molecule has 0 aromatic heterocycles. The molecule has 0 unspecified atom stereocenters. The highest BCUT2D eigenvalue weighted by molar-refractivity contribution is 8.00. The third-order valence-electron chi connectivity index (χ3n) is 4.44. The molecule has 0 saturated heterocycles. The summed E-state index contributed by atoms with van der Waals surface area (Å²) >= 11 is 1.44. The van der Waals surface area contributed by atoms with Gasteiger partial charge in [-0.15, -0.1) is 11.8 Å². The molecule has 0 fully saturated rings. The first-order valence-corrected chi connectivity index (χ1v) is 10.4. The van der Waals surface area contributed by atoms with E-state index in [1.807, 2.05) is 86.6 Å². The zero-order chi connectivity index (χ0) is 20.6. The van der Waals surface area contributed by atoms with E-state index >= 15 is 0 Å². The zero-order valence-electron chi connectivity index (χ0n) is 16.6. The SMILES string of the molecule is Cc1cccc(C)c1NC(=O)CSc1cccc(NC(=O)Cc2ccccc2)c1. The van der Waals surface area contributed by atoms with E-state index in [0.29, 0.717) is 12.2 Å². The lowest BCUT2D eigenvalue weighted by Crippen LogP contribution is -2.16. The lowest BCUT2D eigenvalue weighted by atomic mass is 10.1. The number of aryl methyl sites for hydroxylation is 2. The summed E-state index contributed by atoms with van der Waals surface area (Å²) in [5, 5.41) is 5.91. The third kappa shape index (κ3) is 6.22. The average molecular weight is 405 g/mol. The normalized spacial score (nSPS) is 10.4. The second kappa shape index (κ2) is 9.94. The van der Waals surface area contributed by atoms with Crippen LogP contribution in [-0.4, -0.2) is 17.6 Å². The molecule has 3 rings (SSSR count). The Balaban J connectivity index is 1.54.